The van der Waals surface area contributed by atoms with Crippen molar-refractivity contribution in [3.05, 3.63) is 42.4 Å². The first-order chi connectivity index (χ1) is 6.77. The Morgan fingerprint density at radius 1 is 1.21 bits per heavy atom. The van der Waals surface area contributed by atoms with Gasteiger partial charge in [0.2, 0.25) is 0 Å². The summed E-state index contributed by atoms with van der Waals surface area (Å²) in [5.74, 6) is 0. The molecule has 0 aliphatic heterocycles. The lowest BCUT2D eigenvalue weighted by Gasteiger charge is -2.04. The summed E-state index contributed by atoms with van der Waals surface area (Å²) >= 11 is 0. The van der Waals surface area contributed by atoms with Crippen LogP contribution in [0.2, 0.25) is 0 Å². The quantitative estimate of drug-likeness (QED) is 0.739. The van der Waals surface area contributed by atoms with Crippen molar-refractivity contribution in [2.75, 3.05) is 5.73 Å². The molecule has 0 aliphatic rings. The van der Waals surface area contributed by atoms with Gasteiger partial charge in [-0.05, 0) is 31.2 Å². The SMILES string of the molecule is Cc1ccc(N)c(-c2cccnc2)n1. The molecule has 70 valence electrons. The van der Waals surface area contributed by atoms with E-state index in [1.54, 1.807) is 12.4 Å². The highest BCUT2D eigenvalue weighted by molar-refractivity contribution is 5.71. The first-order valence-corrected chi connectivity index (χ1v) is 4.41. The molecule has 14 heavy (non-hydrogen) atoms. The Balaban J connectivity index is 2.57. The van der Waals surface area contributed by atoms with Crippen LogP contribution < -0.4 is 5.73 Å². The van der Waals surface area contributed by atoms with Crippen LogP contribution >= 0.6 is 0 Å². The number of hydrogen-bond donors (Lipinski definition) is 1. The predicted molar refractivity (Wildman–Crippen MR) is 56.6 cm³/mol. The highest BCUT2D eigenvalue weighted by Gasteiger charge is 2.03. The highest BCUT2D eigenvalue weighted by atomic mass is 14.8. The minimum absolute atomic E-state index is 0.684. The third-order valence-corrected chi connectivity index (χ3v) is 2.00. The van der Waals surface area contributed by atoms with Crippen LogP contribution in [0.25, 0.3) is 11.3 Å². The molecule has 0 radical (unpaired) electrons. The Bertz CT molecular complexity index is 438. The second-order valence-electron chi connectivity index (χ2n) is 3.13. The van der Waals surface area contributed by atoms with Crippen LogP contribution in [-0.2, 0) is 0 Å². The van der Waals surface area contributed by atoms with E-state index in [2.05, 4.69) is 9.97 Å². The topological polar surface area (TPSA) is 51.8 Å². The maximum absolute atomic E-state index is 5.83. The number of nitrogens with two attached hydrogens (primary N) is 1. The van der Waals surface area contributed by atoms with Crippen LogP contribution in [0.1, 0.15) is 5.69 Å². The van der Waals surface area contributed by atoms with E-state index in [0.29, 0.717) is 5.69 Å². The molecule has 3 nitrogen and oxygen atoms in total. The summed E-state index contributed by atoms with van der Waals surface area (Å²) in [4.78, 5) is 8.41. The van der Waals surface area contributed by atoms with Crippen molar-refractivity contribution in [3.63, 3.8) is 0 Å². The van der Waals surface area contributed by atoms with Gasteiger partial charge in [0.15, 0.2) is 0 Å². The maximum atomic E-state index is 5.83. The lowest BCUT2D eigenvalue weighted by Crippen LogP contribution is -1.95. The van der Waals surface area contributed by atoms with Gasteiger partial charge in [0.05, 0.1) is 11.4 Å². The molecule has 0 aliphatic carbocycles. The van der Waals surface area contributed by atoms with Gasteiger partial charge in [-0.2, -0.15) is 0 Å². The van der Waals surface area contributed by atoms with E-state index in [1.807, 2.05) is 31.2 Å². The van der Waals surface area contributed by atoms with E-state index in [1.165, 1.54) is 0 Å². The summed E-state index contributed by atoms with van der Waals surface area (Å²) in [6.45, 7) is 1.94. The Morgan fingerprint density at radius 3 is 2.79 bits per heavy atom. The zero-order chi connectivity index (χ0) is 9.97. The van der Waals surface area contributed by atoms with E-state index < -0.39 is 0 Å². The standard InChI is InChI=1S/C11H11N3/c1-8-4-5-10(12)11(14-8)9-3-2-6-13-7-9/h2-7H,12H2,1H3. The van der Waals surface area contributed by atoms with E-state index in [-0.39, 0.29) is 0 Å². The number of hydrogen-bond acceptors (Lipinski definition) is 3. The molecule has 2 heterocycles. The zero-order valence-corrected chi connectivity index (χ0v) is 7.94. The molecule has 0 spiro atoms. The summed E-state index contributed by atoms with van der Waals surface area (Å²) in [6.07, 6.45) is 3.49. The van der Waals surface area contributed by atoms with Gasteiger partial charge in [0.25, 0.3) is 0 Å². The van der Waals surface area contributed by atoms with Crippen molar-refractivity contribution in [1.29, 1.82) is 0 Å². The summed E-state index contributed by atoms with van der Waals surface area (Å²) in [5.41, 5.74) is 9.23. The normalized spacial score (nSPS) is 10.1. The summed E-state index contributed by atoms with van der Waals surface area (Å²) < 4.78 is 0. The molecule has 0 bridgehead atoms. The first kappa shape index (κ1) is 8.69. The third-order valence-electron chi connectivity index (χ3n) is 2.00. The van der Waals surface area contributed by atoms with E-state index in [9.17, 15) is 0 Å². The molecule has 0 aromatic carbocycles. The predicted octanol–water partition coefficient (Wildman–Crippen LogP) is 2.03. The number of anilines is 1. The maximum Gasteiger partial charge on any atom is 0.0949 e. The van der Waals surface area contributed by atoms with Crippen molar-refractivity contribution in [3.8, 4) is 11.3 Å². The number of nitrogen functional groups attached to an aromatic ring is 1. The lowest BCUT2D eigenvalue weighted by atomic mass is 10.1. The summed E-state index contributed by atoms with van der Waals surface area (Å²) in [6, 6.07) is 7.59. The van der Waals surface area contributed by atoms with Crippen molar-refractivity contribution >= 4 is 5.69 Å². The second kappa shape index (κ2) is 3.46. The summed E-state index contributed by atoms with van der Waals surface area (Å²) in [5, 5.41) is 0. The smallest absolute Gasteiger partial charge is 0.0949 e. The summed E-state index contributed by atoms with van der Waals surface area (Å²) in [7, 11) is 0. The van der Waals surface area contributed by atoms with Crippen molar-refractivity contribution in [2.45, 2.75) is 6.92 Å². The molecule has 0 saturated carbocycles. The number of pyridine rings is 2. The molecule has 2 N–H and O–H groups in total. The third kappa shape index (κ3) is 1.57. The highest BCUT2D eigenvalue weighted by Crippen LogP contribution is 2.22. The van der Waals surface area contributed by atoms with Crippen LogP contribution in [0, 0.1) is 6.92 Å². The number of rotatable bonds is 1. The molecule has 0 atom stereocenters. The average molecular weight is 185 g/mol. The van der Waals surface area contributed by atoms with Gasteiger partial charge < -0.3 is 5.73 Å². The minimum Gasteiger partial charge on any atom is -0.397 e. The fourth-order valence-corrected chi connectivity index (χ4v) is 1.30. The Kier molecular flexibility index (Phi) is 2.14. The van der Waals surface area contributed by atoms with Crippen LogP contribution in [0.4, 0.5) is 5.69 Å². The molecule has 0 saturated heterocycles. The first-order valence-electron chi connectivity index (χ1n) is 4.41. The Morgan fingerprint density at radius 2 is 2.07 bits per heavy atom. The van der Waals surface area contributed by atoms with Crippen molar-refractivity contribution in [1.82, 2.24) is 9.97 Å². The monoisotopic (exact) mass is 185 g/mol. The lowest BCUT2D eigenvalue weighted by molar-refractivity contribution is 1.20. The molecular formula is C11H11N3. The van der Waals surface area contributed by atoms with E-state index >= 15 is 0 Å². The van der Waals surface area contributed by atoms with Gasteiger partial charge in [-0.3, -0.25) is 9.97 Å². The Labute approximate surface area is 82.6 Å². The average Bonchev–Trinajstić information content (AvgIpc) is 2.23. The molecular weight excluding hydrogens is 174 g/mol. The largest absolute Gasteiger partial charge is 0.397 e. The van der Waals surface area contributed by atoms with Crippen LogP contribution in [-0.4, -0.2) is 9.97 Å². The molecule has 2 rings (SSSR count). The van der Waals surface area contributed by atoms with Gasteiger partial charge in [0.1, 0.15) is 0 Å². The molecule has 0 fully saturated rings. The van der Waals surface area contributed by atoms with Crippen LogP contribution in [0.5, 0.6) is 0 Å². The van der Waals surface area contributed by atoms with Crippen LogP contribution in [0.15, 0.2) is 36.7 Å². The fraction of sp³-hybridized carbons (Fsp3) is 0.0909. The van der Waals surface area contributed by atoms with Crippen molar-refractivity contribution in [2.24, 2.45) is 0 Å². The molecule has 3 heteroatoms. The second-order valence-corrected chi connectivity index (χ2v) is 3.13. The van der Waals surface area contributed by atoms with E-state index in [4.69, 9.17) is 5.73 Å². The zero-order valence-electron chi connectivity index (χ0n) is 7.94. The number of aryl methyl sites for hydroxylation is 1. The molecule has 2 aromatic rings. The minimum atomic E-state index is 0.684. The number of nitrogens with zero attached hydrogens (tertiary/aromatic N) is 2. The molecule has 0 unspecified atom stereocenters. The van der Waals surface area contributed by atoms with Gasteiger partial charge in [-0.1, -0.05) is 0 Å². The van der Waals surface area contributed by atoms with Crippen LogP contribution in [0.3, 0.4) is 0 Å². The molecule has 2 aromatic heterocycles. The fourth-order valence-electron chi connectivity index (χ4n) is 1.30. The van der Waals surface area contributed by atoms with Gasteiger partial charge in [-0.25, -0.2) is 0 Å². The van der Waals surface area contributed by atoms with Gasteiger partial charge in [0, 0.05) is 23.7 Å². The Hall–Kier alpha value is -1.90. The van der Waals surface area contributed by atoms with E-state index in [0.717, 1.165) is 17.0 Å². The molecule has 0 amide bonds. The number of aromatic nitrogens is 2. The van der Waals surface area contributed by atoms with Crippen molar-refractivity contribution < 1.29 is 0 Å². The van der Waals surface area contributed by atoms with Gasteiger partial charge in [-0.15, -0.1) is 0 Å². The van der Waals surface area contributed by atoms with Gasteiger partial charge >= 0.3 is 0 Å².